The van der Waals surface area contributed by atoms with E-state index in [4.69, 9.17) is 9.47 Å². The molecular weight excluding hydrogens is 834 g/mol. The number of allylic oxidation sites excluding steroid dienone is 2. The maximum Gasteiger partial charge on any atom is -0.147 e. The van der Waals surface area contributed by atoms with Crippen molar-refractivity contribution in [2.45, 2.75) is 92.8 Å². The number of ether oxygens (including phenoxy) is 2. The molecule has 1 saturated heterocycles. The number of halogens is 2. The van der Waals surface area contributed by atoms with E-state index in [0.717, 1.165) is 18.8 Å². The van der Waals surface area contributed by atoms with Crippen molar-refractivity contribution in [3.8, 4) is 33.8 Å². The second-order valence-electron chi connectivity index (χ2n) is 15.1. The summed E-state index contributed by atoms with van der Waals surface area (Å²) in [5.74, 6) is 1.85. The van der Waals surface area contributed by atoms with Crippen LogP contribution in [0.2, 0.25) is 7.35 Å². The predicted molar refractivity (Wildman–Crippen MR) is 218 cm³/mol. The van der Waals surface area contributed by atoms with Crippen LogP contribution in [0.1, 0.15) is 108 Å². The topological polar surface area (TPSA) is 18.5 Å². The van der Waals surface area contributed by atoms with E-state index >= 15 is 0 Å². The summed E-state index contributed by atoms with van der Waals surface area (Å²) in [7, 11) is 3.52. The Morgan fingerprint density at radius 3 is 1.35 bits per heavy atom. The Morgan fingerprint density at radius 1 is 0.569 bits per heavy atom. The molecule has 4 atom stereocenters. The first-order chi connectivity index (χ1) is 24.1. The van der Waals surface area contributed by atoms with Gasteiger partial charge in [0.25, 0.3) is 0 Å². The average molecular weight is 888 g/mol. The largest absolute Gasteiger partial charge is 0.147 e. The smallest absolute Gasteiger partial charge is 0.147 e. The Hall–Kier alpha value is -2.59. The van der Waals surface area contributed by atoms with Crippen LogP contribution in [0.3, 0.4) is 0 Å². The summed E-state index contributed by atoms with van der Waals surface area (Å²) in [4.78, 5) is 0. The van der Waals surface area contributed by atoms with Crippen LogP contribution >= 0.6 is 24.8 Å². The van der Waals surface area contributed by atoms with E-state index in [1.54, 1.807) is 36.5 Å². The Morgan fingerprint density at radius 2 is 0.980 bits per heavy atom. The summed E-state index contributed by atoms with van der Waals surface area (Å²) in [6, 6.07) is 32.2. The van der Waals surface area contributed by atoms with Crippen LogP contribution in [0.5, 0.6) is 11.5 Å². The molecule has 51 heavy (non-hydrogen) atoms. The van der Waals surface area contributed by atoms with Gasteiger partial charge in [-0.3, -0.25) is 0 Å². The number of unbranched alkanes of at least 4 members (excludes halogenated alkanes) is 2. The summed E-state index contributed by atoms with van der Waals surface area (Å²) in [5, 5.41) is 0. The van der Waals surface area contributed by atoms with E-state index < -0.39 is 20.0 Å². The normalized spacial score (nSPS) is 23.8. The number of fused-ring (bicyclic) bond motifs is 3. The minimum atomic E-state index is -3.28. The molecule has 8 rings (SSSR count). The molecule has 4 aromatic carbocycles. The van der Waals surface area contributed by atoms with Gasteiger partial charge < -0.3 is 0 Å². The van der Waals surface area contributed by atoms with Crippen molar-refractivity contribution in [2.75, 3.05) is 14.2 Å². The predicted octanol–water partition coefficient (Wildman–Crippen LogP) is 14.2. The molecule has 0 radical (unpaired) electrons. The standard InChI is InChI=1S/2C20H21O.C6H10.2ClH.Hf/c2*1-3-4-6-15-13-17-7-5-8-19(20(17)14-15)16-9-11-18(21-2)12-10-16;1-2-4-6-5-3-1;;;/h2*5,7-14H,3-4,6H2,1-2H3;1-2H,3-6H2;2*1H;. The van der Waals surface area contributed by atoms with Crippen LogP contribution in [0.4, 0.5) is 0 Å². The maximum absolute atomic E-state index is 5.54. The van der Waals surface area contributed by atoms with Crippen molar-refractivity contribution in [3.05, 3.63) is 118 Å². The van der Waals surface area contributed by atoms with Crippen molar-refractivity contribution in [1.82, 2.24) is 0 Å². The third-order valence-corrected chi connectivity index (χ3v) is 37.6. The Kier molecular flexibility index (Phi) is 12.1. The first-order valence-corrected chi connectivity index (χ1v) is 27.4. The van der Waals surface area contributed by atoms with Gasteiger partial charge in [0.1, 0.15) is 0 Å². The van der Waals surface area contributed by atoms with Crippen LogP contribution < -0.4 is 9.47 Å². The summed E-state index contributed by atoms with van der Waals surface area (Å²) in [6.07, 6.45) is 18.8. The molecule has 4 unspecified atom stereocenters. The molecule has 0 amide bonds. The molecule has 1 heterocycles. The van der Waals surface area contributed by atoms with Crippen molar-refractivity contribution >= 4 is 37.0 Å². The summed E-state index contributed by atoms with van der Waals surface area (Å²) < 4.78 is 14.4. The average Bonchev–Trinajstić information content (AvgIpc) is 3.43. The molecule has 0 spiro atoms. The zero-order valence-electron chi connectivity index (χ0n) is 30.8. The Bertz CT molecular complexity index is 1750. The molecule has 0 bridgehead atoms. The minimum absolute atomic E-state index is 0. The Labute approximate surface area is 323 Å². The number of rotatable bonds is 12. The maximum atomic E-state index is 5.54. The molecule has 2 nitrogen and oxygen atoms in total. The van der Waals surface area contributed by atoms with Gasteiger partial charge in [-0.2, -0.15) is 0 Å². The monoisotopic (exact) mass is 888 g/mol. The zero-order valence-corrected chi connectivity index (χ0v) is 36.0. The second kappa shape index (κ2) is 16.2. The van der Waals surface area contributed by atoms with Gasteiger partial charge >= 0.3 is 301 Å². The summed E-state index contributed by atoms with van der Waals surface area (Å²) in [6.45, 7) is 4.74. The quantitative estimate of drug-likeness (QED) is 0.132. The van der Waals surface area contributed by atoms with Gasteiger partial charge in [-0.25, -0.2) is 0 Å². The fourth-order valence-electron chi connectivity index (χ4n) is 10.6. The first-order valence-electron chi connectivity index (χ1n) is 19.1. The molecular formula is C46H54Cl2HfO2. The van der Waals surface area contributed by atoms with Gasteiger partial charge in [0, 0.05) is 0 Å². The minimum Gasteiger partial charge on any atom is -0.147 e. The van der Waals surface area contributed by atoms with Gasteiger partial charge in [-0.05, 0) is 0 Å². The summed E-state index contributed by atoms with van der Waals surface area (Å²) >= 11 is -3.28. The van der Waals surface area contributed by atoms with Crippen LogP contribution in [0.15, 0.2) is 96.1 Å². The van der Waals surface area contributed by atoms with Crippen LogP contribution in [0, 0.1) is 0 Å². The Balaban J connectivity index is 0.00000224. The third kappa shape index (κ3) is 6.52. The van der Waals surface area contributed by atoms with Gasteiger partial charge in [-0.15, -0.1) is 24.8 Å². The van der Waals surface area contributed by atoms with Crippen molar-refractivity contribution < 1.29 is 29.4 Å². The van der Waals surface area contributed by atoms with E-state index in [-0.39, 0.29) is 24.8 Å². The van der Waals surface area contributed by atoms with Crippen LogP contribution in [-0.2, 0) is 20.0 Å². The molecule has 0 N–H and O–H groups in total. The van der Waals surface area contributed by atoms with Gasteiger partial charge in [-0.1, -0.05) is 0 Å². The van der Waals surface area contributed by atoms with E-state index in [2.05, 4.69) is 111 Å². The third-order valence-electron chi connectivity index (χ3n) is 12.7. The van der Waals surface area contributed by atoms with E-state index in [1.165, 1.54) is 97.6 Å². The fourth-order valence-corrected chi connectivity index (χ4v) is 46.0. The SMILES string of the molecule is CCCCC1=Cc2c(-c3ccc(OC)cc3)cccc2[CH]1[Hf]1([CH]2C(CCCC)=Cc3c(-c4ccc(OC)cc4)cccc32)[CH]2CCCC[CH]21.Cl.Cl. The molecule has 2 fully saturated rings. The van der Waals surface area contributed by atoms with Gasteiger partial charge in [0.15, 0.2) is 0 Å². The molecule has 1 aliphatic heterocycles. The molecule has 3 aliphatic carbocycles. The second-order valence-corrected chi connectivity index (χ2v) is 31.7. The number of hydrogen-bond acceptors (Lipinski definition) is 2. The molecule has 4 aromatic rings. The number of benzene rings is 4. The van der Waals surface area contributed by atoms with Gasteiger partial charge in [0.05, 0.1) is 0 Å². The number of hydrogen-bond donors (Lipinski definition) is 0. The van der Waals surface area contributed by atoms with E-state index in [1.807, 2.05) is 0 Å². The van der Waals surface area contributed by atoms with Gasteiger partial charge in [0.2, 0.25) is 0 Å². The zero-order chi connectivity index (χ0) is 33.5. The van der Waals surface area contributed by atoms with Crippen LogP contribution in [-0.4, -0.2) is 14.2 Å². The molecule has 268 valence electrons. The van der Waals surface area contributed by atoms with Crippen molar-refractivity contribution in [3.63, 3.8) is 0 Å². The molecule has 0 aromatic heterocycles. The first kappa shape index (κ1) is 38.1. The fraction of sp³-hybridized carbons (Fsp3) is 0.391. The van der Waals surface area contributed by atoms with E-state index in [9.17, 15) is 0 Å². The van der Waals surface area contributed by atoms with Crippen molar-refractivity contribution in [2.24, 2.45) is 0 Å². The van der Waals surface area contributed by atoms with E-state index in [0.29, 0.717) is 7.35 Å². The summed E-state index contributed by atoms with van der Waals surface area (Å²) in [5.41, 5.74) is 15.4. The molecule has 4 aliphatic rings. The molecule has 1 saturated carbocycles. The van der Waals surface area contributed by atoms with Crippen LogP contribution in [0.25, 0.3) is 34.4 Å². The molecule has 5 heteroatoms. The van der Waals surface area contributed by atoms with Crippen molar-refractivity contribution in [1.29, 1.82) is 0 Å². The number of methoxy groups -OCH3 is 2.